The molecule has 1 aromatic heterocycles. The first-order valence-electron chi connectivity index (χ1n) is 7.96. The minimum atomic E-state index is -3.51. The number of anilines is 2. The van der Waals surface area contributed by atoms with E-state index in [1.54, 1.807) is 16.9 Å². The Morgan fingerprint density at radius 2 is 1.89 bits per heavy atom. The molecular formula is C18H17ClN4O3S. The molecule has 2 aromatic carbocycles. The summed E-state index contributed by atoms with van der Waals surface area (Å²) in [6.45, 7) is 0.505. The van der Waals surface area contributed by atoms with Gasteiger partial charge in [-0.05, 0) is 23.8 Å². The lowest BCUT2D eigenvalue weighted by Crippen LogP contribution is -2.17. The Bertz CT molecular complexity index is 1070. The fraction of sp³-hybridized carbons (Fsp3) is 0.111. The van der Waals surface area contributed by atoms with Gasteiger partial charge in [-0.25, -0.2) is 13.1 Å². The molecule has 0 aliphatic rings. The molecule has 0 spiro atoms. The lowest BCUT2D eigenvalue weighted by molar-refractivity contribution is 0.102. The topological polar surface area (TPSA) is 93.1 Å². The smallest absolute Gasteiger partial charge is 0.256 e. The summed E-state index contributed by atoms with van der Waals surface area (Å²) in [7, 11) is -3.51. The Hall–Kier alpha value is -2.84. The van der Waals surface area contributed by atoms with Crippen LogP contribution in [0.3, 0.4) is 0 Å². The third-order valence-electron chi connectivity index (χ3n) is 3.66. The van der Waals surface area contributed by atoms with E-state index < -0.39 is 15.9 Å². The fourth-order valence-corrected chi connectivity index (χ4v) is 3.24. The highest BCUT2D eigenvalue weighted by molar-refractivity contribution is 7.92. The highest BCUT2D eigenvalue weighted by atomic mass is 35.5. The molecule has 0 radical (unpaired) electrons. The maximum Gasteiger partial charge on any atom is 0.256 e. The average molecular weight is 405 g/mol. The first-order chi connectivity index (χ1) is 12.8. The molecule has 0 saturated heterocycles. The molecule has 3 rings (SSSR count). The Morgan fingerprint density at radius 3 is 2.59 bits per heavy atom. The summed E-state index contributed by atoms with van der Waals surface area (Å²) in [5.41, 5.74) is 1.45. The van der Waals surface area contributed by atoms with Crippen LogP contribution in [-0.4, -0.2) is 30.4 Å². The van der Waals surface area contributed by atoms with Crippen LogP contribution in [0.5, 0.6) is 0 Å². The minimum absolute atomic E-state index is 0.143. The van der Waals surface area contributed by atoms with Crippen LogP contribution in [0.2, 0.25) is 5.02 Å². The van der Waals surface area contributed by atoms with E-state index in [0.29, 0.717) is 12.4 Å². The third kappa shape index (κ3) is 5.08. The van der Waals surface area contributed by atoms with E-state index in [9.17, 15) is 13.2 Å². The molecule has 0 fully saturated rings. The van der Waals surface area contributed by atoms with Crippen LogP contribution in [-0.2, 0) is 16.6 Å². The number of hydrogen-bond donors (Lipinski definition) is 2. The van der Waals surface area contributed by atoms with Crippen LogP contribution < -0.4 is 10.0 Å². The van der Waals surface area contributed by atoms with Crippen molar-refractivity contribution < 1.29 is 13.2 Å². The summed E-state index contributed by atoms with van der Waals surface area (Å²) in [6, 6.07) is 15.8. The molecule has 1 amide bonds. The summed E-state index contributed by atoms with van der Waals surface area (Å²) < 4.78 is 26.8. The van der Waals surface area contributed by atoms with Gasteiger partial charge in [-0.3, -0.25) is 9.52 Å². The lowest BCUT2D eigenvalue weighted by atomic mass is 10.2. The van der Waals surface area contributed by atoms with E-state index in [2.05, 4.69) is 15.1 Å². The van der Waals surface area contributed by atoms with Crippen molar-refractivity contribution in [3.05, 3.63) is 76.9 Å². The van der Waals surface area contributed by atoms with Crippen LogP contribution in [0.15, 0.2) is 60.8 Å². The normalized spacial score (nSPS) is 11.2. The number of hydrogen-bond acceptors (Lipinski definition) is 4. The number of aromatic nitrogens is 2. The molecule has 9 heteroatoms. The summed E-state index contributed by atoms with van der Waals surface area (Å²) in [6.07, 6.45) is 2.61. The number of nitrogens with one attached hydrogen (secondary N) is 2. The van der Waals surface area contributed by atoms with Gasteiger partial charge in [0.25, 0.3) is 5.91 Å². The van der Waals surface area contributed by atoms with Crippen molar-refractivity contribution in [3.8, 4) is 0 Å². The number of amides is 1. The van der Waals surface area contributed by atoms with Gasteiger partial charge in [0, 0.05) is 11.6 Å². The number of rotatable bonds is 6. The van der Waals surface area contributed by atoms with E-state index in [-0.39, 0.29) is 16.3 Å². The van der Waals surface area contributed by atoms with Crippen LogP contribution in [0.4, 0.5) is 11.5 Å². The number of sulfonamides is 1. The maximum absolute atomic E-state index is 12.6. The molecule has 2 N–H and O–H groups in total. The van der Waals surface area contributed by atoms with Gasteiger partial charge in [0.15, 0.2) is 0 Å². The van der Waals surface area contributed by atoms with Gasteiger partial charge in [-0.1, -0.05) is 41.9 Å². The van der Waals surface area contributed by atoms with Crippen molar-refractivity contribution in [1.82, 2.24) is 9.78 Å². The van der Waals surface area contributed by atoms with E-state index in [4.69, 9.17) is 11.6 Å². The van der Waals surface area contributed by atoms with Gasteiger partial charge in [0.2, 0.25) is 10.0 Å². The lowest BCUT2D eigenvalue weighted by Gasteiger charge is -2.11. The van der Waals surface area contributed by atoms with Crippen molar-refractivity contribution >= 4 is 39.0 Å². The molecule has 3 aromatic rings. The van der Waals surface area contributed by atoms with Gasteiger partial charge in [-0.15, -0.1) is 0 Å². The van der Waals surface area contributed by atoms with Crippen molar-refractivity contribution in [3.63, 3.8) is 0 Å². The number of benzene rings is 2. The van der Waals surface area contributed by atoms with Gasteiger partial charge in [0.05, 0.1) is 29.7 Å². The Balaban J connectivity index is 1.79. The van der Waals surface area contributed by atoms with E-state index >= 15 is 0 Å². The highest BCUT2D eigenvalue weighted by Crippen LogP contribution is 2.24. The summed E-state index contributed by atoms with van der Waals surface area (Å²) >= 11 is 5.99. The number of carbonyl (C=O) groups excluding carboxylic acids is 1. The molecule has 0 aliphatic heterocycles. The molecular weight excluding hydrogens is 388 g/mol. The SMILES string of the molecule is CS(=O)(=O)Nc1cc(C(=O)Nc2ccnn2Cc2ccccc2)ccc1Cl. The minimum Gasteiger partial charge on any atom is -0.307 e. The summed E-state index contributed by atoms with van der Waals surface area (Å²) in [5.74, 6) is 0.120. The molecule has 27 heavy (non-hydrogen) atoms. The molecule has 7 nitrogen and oxygen atoms in total. The van der Waals surface area contributed by atoms with Crippen LogP contribution in [0.25, 0.3) is 0 Å². The van der Waals surface area contributed by atoms with Crippen LogP contribution >= 0.6 is 11.6 Å². The van der Waals surface area contributed by atoms with Crippen LogP contribution in [0.1, 0.15) is 15.9 Å². The second-order valence-corrected chi connectivity index (χ2v) is 8.04. The monoisotopic (exact) mass is 404 g/mol. The number of halogens is 1. The zero-order chi connectivity index (χ0) is 19.4. The molecule has 0 unspecified atom stereocenters. The van der Waals surface area contributed by atoms with Gasteiger partial charge in [-0.2, -0.15) is 5.10 Å². The molecule has 140 valence electrons. The predicted octanol–water partition coefficient (Wildman–Crippen LogP) is 3.21. The molecule has 0 aliphatic carbocycles. The zero-order valence-electron chi connectivity index (χ0n) is 14.4. The van der Waals surface area contributed by atoms with Gasteiger partial charge < -0.3 is 5.32 Å². The standard InChI is InChI=1S/C18H17ClN4O3S/c1-27(25,26)22-16-11-14(7-8-15(16)19)18(24)21-17-9-10-20-23(17)12-13-5-3-2-4-6-13/h2-11,22H,12H2,1H3,(H,21,24). The Labute approximate surface area is 162 Å². The molecule has 0 saturated carbocycles. The molecule has 0 atom stereocenters. The second-order valence-electron chi connectivity index (χ2n) is 5.88. The Morgan fingerprint density at radius 1 is 1.15 bits per heavy atom. The first-order valence-corrected chi connectivity index (χ1v) is 10.2. The first kappa shape index (κ1) is 18.9. The maximum atomic E-state index is 12.6. The zero-order valence-corrected chi connectivity index (χ0v) is 16.0. The summed E-state index contributed by atoms with van der Waals surface area (Å²) in [4.78, 5) is 12.6. The van der Waals surface area contributed by atoms with Gasteiger partial charge in [0.1, 0.15) is 5.82 Å². The fourth-order valence-electron chi connectivity index (χ4n) is 2.45. The van der Waals surface area contributed by atoms with Crippen molar-refractivity contribution in [2.24, 2.45) is 0 Å². The van der Waals surface area contributed by atoms with Crippen LogP contribution in [0, 0.1) is 0 Å². The van der Waals surface area contributed by atoms with Crippen molar-refractivity contribution in [2.75, 3.05) is 16.3 Å². The Kier molecular flexibility index (Phi) is 5.48. The van der Waals surface area contributed by atoms with Crippen molar-refractivity contribution in [2.45, 2.75) is 6.54 Å². The summed E-state index contributed by atoms with van der Waals surface area (Å²) in [5, 5.41) is 7.21. The average Bonchev–Trinajstić information content (AvgIpc) is 3.03. The third-order valence-corrected chi connectivity index (χ3v) is 4.58. The highest BCUT2D eigenvalue weighted by Gasteiger charge is 2.14. The van der Waals surface area contributed by atoms with Gasteiger partial charge >= 0.3 is 0 Å². The largest absolute Gasteiger partial charge is 0.307 e. The second kappa shape index (κ2) is 7.81. The van der Waals surface area contributed by atoms with E-state index in [1.807, 2.05) is 30.3 Å². The van der Waals surface area contributed by atoms with E-state index in [1.165, 1.54) is 18.2 Å². The number of carbonyl (C=O) groups is 1. The molecule has 0 bridgehead atoms. The van der Waals surface area contributed by atoms with E-state index in [0.717, 1.165) is 11.8 Å². The quantitative estimate of drug-likeness (QED) is 0.659. The molecule has 1 heterocycles. The predicted molar refractivity (Wildman–Crippen MR) is 106 cm³/mol. The number of nitrogens with zero attached hydrogens (tertiary/aromatic N) is 2. The van der Waals surface area contributed by atoms with Crippen molar-refractivity contribution in [1.29, 1.82) is 0 Å².